The van der Waals surface area contributed by atoms with Crippen molar-refractivity contribution in [1.82, 2.24) is 10.6 Å². The molecule has 1 aliphatic heterocycles. The first-order valence-corrected chi connectivity index (χ1v) is 9.51. The fourth-order valence-corrected chi connectivity index (χ4v) is 3.23. The quantitative estimate of drug-likeness (QED) is 0.476. The van der Waals surface area contributed by atoms with Crippen molar-refractivity contribution in [3.05, 3.63) is 29.6 Å². The second-order valence-electron chi connectivity index (χ2n) is 7.14. The van der Waals surface area contributed by atoms with Gasteiger partial charge in [0.1, 0.15) is 44.3 Å². The molecule has 0 aliphatic carbocycles. The highest BCUT2D eigenvalue weighted by Gasteiger charge is 2.26. The second-order valence-corrected chi connectivity index (χ2v) is 7.14. The molecular weight excluding hydrogens is 351 g/mol. The number of hydrogen-bond acceptors (Lipinski definition) is 3. The van der Waals surface area contributed by atoms with E-state index in [1.54, 1.807) is 13.2 Å². The van der Waals surface area contributed by atoms with Crippen LogP contribution < -0.4 is 25.2 Å². The molecule has 0 radical (unpaired) electrons. The van der Waals surface area contributed by atoms with Gasteiger partial charge in [0.2, 0.25) is 0 Å². The van der Waals surface area contributed by atoms with Crippen LogP contribution in [0.2, 0.25) is 0 Å². The van der Waals surface area contributed by atoms with Gasteiger partial charge < -0.3 is 19.9 Å². The lowest BCUT2D eigenvalue weighted by atomic mass is 10.1. The number of benzene rings is 1. The summed E-state index contributed by atoms with van der Waals surface area (Å²) in [6.45, 7) is 8.24. The number of quaternary nitrogens is 2. The molecule has 0 aromatic heterocycles. The van der Waals surface area contributed by atoms with Gasteiger partial charge >= 0.3 is 6.03 Å². The van der Waals surface area contributed by atoms with Gasteiger partial charge in [0, 0.05) is 6.04 Å². The Hall–Kier alpha value is -2.19. The van der Waals surface area contributed by atoms with Crippen LogP contribution in [0.5, 0.6) is 5.75 Å². The Morgan fingerprint density at radius 2 is 1.89 bits per heavy atom. The SMILES string of the molecule is CC[C@@H](C)NC(=O)NC(=O)C[NH+]1CC[NH+](Cc2cc(F)ccc2OC)CC1. The van der Waals surface area contributed by atoms with Crippen molar-refractivity contribution in [2.45, 2.75) is 32.9 Å². The molecule has 1 aromatic carbocycles. The first kappa shape index (κ1) is 21.1. The Balaban J connectivity index is 1.76. The van der Waals surface area contributed by atoms with Crippen LogP contribution in [0.25, 0.3) is 0 Å². The number of hydrogen-bond donors (Lipinski definition) is 4. The van der Waals surface area contributed by atoms with Crippen LogP contribution in [-0.4, -0.2) is 57.8 Å². The van der Waals surface area contributed by atoms with E-state index >= 15 is 0 Å². The number of methoxy groups -OCH3 is 1. The first-order chi connectivity index (χ1) is 12.9. The molecule has 1 heterocycles. The third-order valence-electron chi connectivity index (χ3n) is 5.00. The molecule has 1 aliphatic rings. The number of urea groups is 1. The van der Waals surface area contributed by atoms with Gasteiger partial charge in [0.25, 0.3) is 5.91 Å². The standard InChI is InChI=1S/C19H29FN4O3/c1-4-14(2)21-19(26)22-18(25)13-24-9-7-23(8-10-24)12-15-11-16(20)5-6-17(15)27-3/h5-6,11,14H,4,7-10,12-13H2,1-3H3,(H2,21,22,25,26)/p+2/t14-/m1/s1. The Labute approximate surface area is 159 Å². The van der Waals surface area contributed by atoms with E-state index in [1.807, 2.05) is 13.8 Å². The normalized spacial score (nSPS) is 20.6. The molecule has 8 heteroatoms. The van der Waals surface area contributed by atoms with Gasteiger partial charge in [-0.2, -0.15) is 0 Å². The van der Waals surface area contributed by atoms with E-state index in [-0.39, 0.29) is 24.3 Å². The van der Waals surface area contributed by atoms with Gasteiger partial charge in [-0.25, -0.2) is 9.18 Å². The van der Waals surface area contributed by atoms with Crippen LogP contribution in [0.1, 0.15) is 25.8 Å². The highest BCUT2D eigenvalue weighted by Crippen LogP contribution is 2.18. The molecule has 1 aromatic rings. The van der Waals surface area contributed by atoms with E-state index in [0.717, 1.165) is 43.1 Å². The highest BCUT2D eigenvalue weighted by molar-refractivity contribution is 5.94. The monoisotopic (exact) mass is 382 g/mol. The van der Waals surface area contributed by atoms with E-state index in [2.05, 4.69) is 10.6 Å². The van der Waals surface area contributed by atoms with Gasteiger partial charge in [-0.05, 0) is 31.5 Å². The Morgan fingerprint density at radius 3 is 2.52 bits per heavy atom. The summed E-state index contributed by atoms with van der Waals surface area (Å²) in [5, 5.41) is 5.11. The Bertz CT molecular complexity index is 648. The van der Waals surface area contributed by atoms with Crippen LogP contribution in [0, 0.1) is 5.82 Å². The topological polar surface area (TPSA) is 76.3 Å². The minimum atomic E-state index is -0.434. The summed E-state index contributed by atoms with van der Waals surface area (Å²) in [5.74, 6) is 0.174. The lowest BCUT2D eigenvalue weighted by Gasteiger charge is -2.29. The molecule has 7 nitrogen and oxygen atoms in total. The highest BCUT2D eigenvalue weighted by atomic mass is 19.1. The maximum absolute atomic E-state index is 13.5. The lowest BCUT2D eigenvalue weighted by molar-refractivity contribution is -1.02. The lowest BCUT2D eigenvalue weighted by Crippen LogP contribution is -3.28. The molecule has 0 bridgehead atoms. The van der Waals surface area contributed by atoms with Crippen LogP contribution in [0.4, 0.5) is 9.18 Å². The smallest absolute Gasteiger partial charge is 0.321 e. The fourth-order valence-electron chi connectivity index (χ4n) is 3.23. The number of imide groups is 1. The van der Waals surface area contributed by atoms with Crippen molar-refractivity contribution in [3.8, 4) is 5.75 Å². The van der Waals surface area contributed by atoms with Crippen molar-refractivity contribution in [2.75, 3.05) is 39.8 Å². The number of carbonyl (C=O) groups excluding carboxylic acids is 2. The molecule has 150 valence electrons. The van der Waals surface area contributed by atoms with E-state index in [4.69, 9.17) is 4.74 Å². The molecule has 2 rings (SSSR count). The third kappa shape index (κ3) is 6.80. The van der Waals surface area contributed by atoms with Gasteiger partial charge in [0.15, 0.2) is 6.54 Å². The van der Waals surface area contributed by atoms with Gasteiger partial charge in [-0.3, -0.25) is 10.1 Å². The zero-order valence-corrected chi connectivity index (χ0v) is 16.4. The van der Waals surface area contributed by atoms with Gasteiger partial charge in [-0.15, -0.1) is 0 Å². The molecular formula is C19H31FN4O3+2. The summed E-state index contributed by atoms with van der Waals surface area (Å²) in [4.78, 5) is 26.2. The van der Waals surface area contributed by atoms with Crippen molar-refractivity contribution >= 4 is 11.9 Å². The Kier molecular flexibility index (Phi) is 7.99. The molecule has 1 saturated heterocycles. The number of carbonyl (C=O) groups is 2. The van der Waals surface area contributed by atoms with Crippen molar-refractivity contribution in [2.24, 2.45) is 0 Å². The van der Waals surface area contributed by atoms with Crippen molar-refractivity contribution in [1.29, 1.82) is 0 Å². The number of rotatable bonds is 7. The van der Waals surface area contributed by atoms with Crippen molar-refractivity contribution < 1.29 is 28.5 Å². The molecule has 0 saturated carbocycles. The van der Waals surface area contributed by atoms with E-state index in [1.165, 1.54) is 17.0 Å². The van der Waals surface area contributed by atoms with Gasteiger partial charge in [-0.1, -0.05) is 6.92 Å². The van der Waals surface area contributed by atoms with Crippen LogP contribution >= 0.6 is 0 Å². The summed E-state index contributed by atoms with van der Waals surface area (Å²) in [6.07, 6.45) is 0.813. The number of halogens is 1. The van der Waals surface area contributed by atoms with E-state index in [9.17, 15) is 14.0 Å². The van der Waals surface area contributed by atoms with Crippen LogP contribution in [-0.2, 0) is 11.3 Å². The average Bonchev–Trinajstić information content (AvgIpc) is 2.63. The van der Waals surface area contributed by atoms with Crippen LogP contribution in [0.3, 0.4) is 0 Å². The Morgan fingerprint density at radius 1 is 1.22 bits per heavy atom. The maximum Gasteiger partial charge on any atom is 0.321 e. The summed E-state index contributed by atoms with van der Waals surface area (Å²) in [6, 6.07) is 4.18. The minimum Gasteiger partial charge on any atom is -0.496 e. The average molecular weight is 382 g/mol. The van der Waals surface area contributed by atoms with Gasteiger partial charge in [0.05, 0.1) is 12.7 Å². The predicted molar refractivity (Wildman–Crippen MR) is 99.3 cm³/mol. The molecule has 3 amide bonds. The number of ether oxygens (including phenoxy) is 1. The minimum absolute atomic E-state index is 0.0390. The maximum atomic E-state index is 13.5. The molecule has 1 atom stereocenters. The molecule has 0 unspecified atom stereocenters. The second kappa shape index (κ2) is 10.2. The summed E-state index contributed by atoms with van der Waals surface area (Å²) in [5.41, 5.74) is 0.857. The predicted octanol–water partition coefficient (Wildman–Crippen LogP) is -1.26. The molecule has 27 heavy (non-hydrogen) atoms. The number of nitrogens with one attached hydrogen (secondary N) is 4. The summed E-state index contributed by atoms with van der Waals surface area (Å²) >= 11 is 0. The zero-order valence-electron chi connectivity index (χ0n) is 16.4. The summed E-state index contributed by atoms with van der Waals surface area (Å²) in [7, 11) is 1.59. The molecule has 1 fully saturated rings. The molecule has 0 spiro atoms. The summed E-state index contributed by atoms with van der Waals surface area (Å²) < 4.78 is 18.8. The van der Waals surface area contributed by atoms with E-state index < -0.39 is 6.03 Å². The first-order valence-electron chi connectivity index (χ1n) is 9.51. The van der Waals surface area contributed by atoms with Crippen LogP contribution in [0.15, 0.2) is 18.2 Å². The molecule has 4 N–H and O–H groups in total. The van der Waals surface area contributed by atoms with Crippen molar-refractivity contribution in [3.63, 3.8) is 0 Å². The third-order valence-corrected chi connectivity index (χ3v) is 5.00. The van der Waals surface area contributed by atoms with E-state index in [0.29, 0.717) is 12.3 Å². The largest absolute Gasteiger partial charge is 0.496 e. The zero-order chi connectivity index (χ0) is 19.8. The number of piperazine rings is 1. The number of amides is 3. The fraction of sp³-hybridized carbons (Fsp3) is 0.579.